The molecule has 0 radical (unpaired) electrons. The molecule has 0 aliphatic heterocycles. The number of methoxy groups -OCH3 is 2. The molecule has 0 atom stereocenters. The van der Waals surface area contributed by atoms with E-state index < -0.39 is 0 Å². The van der Waals surface area contributed by atoms with Crippen LogP contribution in [0.2, 0.25) is 5.02 Å². The third-order valence-electron chi connectivity index (χ3n) is 3.70. The monoisotopic (exact) mass is 388 g/mol. The van der Waals surface area contributed by atoms with Crippen LogP contribution in [0.25, 0.3) is 11.3 Å². The lowest BCUT2D eigenvalue weighted by atomic mass is 10.1. The van der Waals surface area contributed by atoms with E-state index in [2.05, 4.69) is 10.3 Å². The molecule has 0 aliphatic carbocycles. The van der Waals surface area contributed by atoms with E-state index in [1.807, 2.05) is 35.7 Å². The van der Waals surface area contributed by atoms with Crippen molar-refractivity contribution >= 4 is 34.0 Å². The largest absolute Gasteiger partial charge is 0.493 e. The molecule has 1 amide bonds. The molecule has 0 bridgehead atoms. The van der Waals surface area contributed by atoms with Crippen LogP contribution in [0, 0.1) is 0 Å². The molecule has 0 fully saturated rings. The van der Waals surface area contributed by atoms with Crippen molar-refractivity contribution < 1.29 is 14.3 Å². The number of nitrogens with zero attached hydrogens (tertiary/aromatic N) is 1. The first kappa shape index (κ1) is 18.2. The van der Waals surface area contributed by atoms with Gasteiger partial charge >= 0.3 is 0 Å². The fraction of sp³-hybridized carbons (Fsp3) is 0.158. The maximum atomic E-state index is 12.3. The van der Waals surface area contributed by atoms with Crippen LogP contribution in [0.4, 0.5) is 5.13 Å². The van der Waals surface area contributed by atoms with E-state index in [9.17, 15) is 4.79 Å². The summed E-state index contributed by atoms with van der Waals surface area (Å²) in [6.45, 7) is 0. The van der Waals surface area contributed by atoms with Gasteiger partial charge in [0.2, 0.25) is 5.91 Å². The molecule has 26 heavy (non-hydrogen) atoms. The number of thiazole rings is 1. The fourth-order valence-electron chi connectivity index (χ4n) is 2.42. The van der Waals surface area contributed by atoms with Gasteiger partial charge in [0.1, 0.15) is 0 Å². The summed E-state index contributed by atoms with van der Waals surface area (Å²) < 4.78 is 10.5. The minimum atomic E-state index is -0.144. The lowest BCUT2D eigenvalue weighted by Crippen LogP contribution is -2.14. The average Bonchev–Trinajstić information content (AvgIpc) is 3.10. The lowest BCUT2D eigenvalue weighted by molar-refractivity contribution is -0.115. The van der Waals surface area contributed by atoms with E-state index >= 15 is 0 Å². The molecule has 5 nitrogen and oxygen atoms in total. The van der Waals surface area contributed by atoms with Crippen LogP contribution >= 0.6 is 22.9 Å². The van der Waals surface area contributed by atoms with Crippen LogP contribution in [0.3, 0.4) is 0 Å². The average molecular weight is 389 g/mol. The van der Waals surface area contributed by atoms with Gasteiger partial charge in [0.25, 0.3) is 0 Å². The molecule has 0 aliphatic rings. The van der Waals surface area contributed by atoms with Crippen molar-refractivity contribution in [1.82, 2.24) is 4.98 Å². The highest BCUT2D eigenvalue weighted by Gasteiger charge is 2.11. The standard InChI is InChI=1S/C19H17ClN2O3S/c1-24-16-8-3-12(9-17(16)25-2)10-18(23)22-19-21-15(11-26-19)13-4-6-14(20)7-5-13/h3-9,11H,10H2,1-2H3,(H,21,22,23). The molecule has 3 rings (SSSR count). The van der Waals surface area contributed by atoms with Crippen molar-refractivity contribution in [2.24, 2.45) is 0 Å². The molecule has 1 aromatic heterocycles. The number of halogens is 1. The topological polar surface area (TPSA) is 60.5 Å². The number of anilines is 1. The predicted molar refractivity (Wildman–Crippen MR) is 104 cm³/mol. The van der Waals surface area contributed by atoms with Crippen LogP contribution in [-0.2, 0) is 11.2 Å². The Balaban J connectivity index is 1.66. The number of benzene rings is 2. The number of rotatable bonds is 6. The van der Waals surface area contributed by atoms with Crippen LogP contribution in [0.15, 0.2) is 47.8 Å². The minimum Gasteiger partial charge on any atom is -0.493 e. The summed E-state index contributed by atoms with van der Waals surface area (Å²) in [5.74, 6) is 1.08. The van der Waals surface area contributed by atoms with Gasteiger partial charge in [0.05, 0.1) is 26.3 Å². The smallest absolute Gasteiger partial charge is 0.230 e. The third-order valence-corrected chi connectivity index (χ3v) is 4.71. The summed E-state index contributed by atoms with van der Waals surface area (Å²) in [6.07, 6.45) is 0.218. The number of carbonyl (C=O) groups is 1. The van der Waals surface area contributed by atoms with Gasteiger partial charge in [-0.1, -0.05) is 29.8 Å². The van der Waals surface area contributed by atoms with Gasteiger partial charge in [-0.3, -0.25) is 4.79 Å². The highest BCUT2D eigenvalue weighted by molar-refractivity contribution is 7.14. The number of amides is 1. The van der Waals surface area contributed by atoms with Crippen LogP contribution in [0.5, 0.6) is 11.5 Å². The first-order valence-corrected chi connectivity index (χ1v) is 9.07. The van der Waals surface area contributed by atoms with E-state index in [1.54, 1.807) is 26.4 Å². The Morgan fingerprint density at radius 1 is 1.12 bits per heavy atom. The van der Waals surface area contributed by atoms with Crippen LogP contribution in [0.1, 0.15) is 5.56 Å². The summed E-state index contributed by atoms with van der Waals surface area (Å²) in [5, 5.41) is 5.96. The summed E-state index contributed by atoms with van der Waals surface area (Å²) in [5.41, 5.74) is 2.58. The molecular formula is C19H17ClN2O3S. The first-order chi connectivity index (χ1) is 12.6. The Labute approximate surface area is 160 Å². The van der Waals surface area contributed by atoms with Gasteiger partial charge < -0.3 is 14.8 Å². The van der Waals surface area contributed by atoms with Gasteiger partial charge in [-0.25, -0.2) is 4.98 Å². The Morgan fingerprint density at radius 2 is 1.85 bits per heavy atom. The van der Waals surface area contributed by atoms with E-state index in [-0.39, 0.29) is 12.3 Å². The zero-order valence-electron chi connectivity index (χ0n) is 14.3. The summed E-state index contributed by atoms with van der Waals surface area (Å²) in [6, 6.07) is 12.8. The number of nitrogens with one attached hydrogen (secondary N) is 1. The van der Waals surface area contributed by atoms with E-state index in [4.69, 9.17) is 21.1 Å². The van der Waals surface area contributed by atoms with E-state index in [1.165, 1.54) is 11.3 Å². The number of ether oxygens (including phenoxy) is 2. The summed E-state index contributed by atoms with van der Waals surface area (Å²) >= 11 is 7.28. The maximum absolute atomic E-state index is 12.3. The number of aromatic nitrogens is 1. The second-order valence-electron chi connectivity index (χ2n) is 5.46. The lowest BCUT2D eigenvalue weighted by Gasteiger charge is -2.09. The van der Waals surface area contributed by atoms with Crippen molar-refractivity contribution in [3.8, 4) is 22.8 Å². The quantitative estimate of drug-likeness (QED) is 0.667. The molecule has 2 aromatic carbocycles. The maximum Gasteiger partial charge on any atom is 0.230 e. The molecule has 0 unspecified atom stereocenters. The molecule has 3 aromatic rings. The molecule has 0 saturated heterocycles. The Kier molecular flexibility index (Phi) is 5.75. The first-order valence-electron chi connectivity index (χ1n) is 7.81. The van der Waals surface area contributed by atoms with Crippen molar-refractivity contribution in [2.75, 3.05) is 19.5 Å². The second kappa shape index (κ2) is 8.21. The molecule has 1 N–H and O–H groups in total. The van der Waals surface area contributed by atoms with Gasteiger partial charge in [0, 0.05) is 16.0 Å². The van der Waals surface area contributed by atoms with Gasteiger partial charge in [-0.2, -0.15) is 0 Å². The molecular weight excluding hydrogens is 372 g/mol. The van der Waals surface area contributed by atoms with Crippen molar-refractivity contribution in [2.45, 2.75) is 6.42 Å². The van der Waals surface area contributed by atoms with Crippen LogP contribution in [-0.4, -0.2) is 25.1 Å². The van der Waals surface area contributed by atoms with Gasteiger partial charge in [0.15, 0.2) is 16.6 Å². The third kappa shape index (κ3) is 4.33. The Bertz CT molecular complexity index is 909. The fourth-order valence-corrected chi connectivity index (χ4v) is 3.29. The summed E-state index contributed by atoms with van der Waals surface area (Å²) in [7, 11) is 3.14. The molecule has 0 spiro atoms. The van der Waals surface area contributed by atoms with E-state index in [0.29, 0.717) is 21.7 Å². The molecule has 1 heterocycles. The van der Waals surface area contributed by atoms with Crippen molar-refractivity contribution in [1.29, 1.82) is 0 Å². The molecule has 7 heteroatoms. The normalized spacial score (nSPS) is 10.4. The molecule has 134 valence electrons. The highest BCUT2D eigenvalue weighted by atomic mass is 35.5. The zero-order chi connectivity index (χ0) is 18.5. The Hall–Kier alpha value is -2.57. The zero-order valence-corrected chi connectivity index (χ0v) is 15.9. The molecule has 0 saturated carbocycles. The SMILES string of the molecule is COc1ccc(CC(=O)Nc2nc(-c3ccc(Cl)cc3)cs2)cc1OC. The predicted octanol–water partition coefficient (Wildman–Crippen LogP) is 4.66. The number of hydrogen-bond acceptors (Lipinski definition) is 5. The van der Waals surface area contributed by atoms with Gasteiger partial charge in [-0.05, 0) is 29.8 Å². The number of carbonyl (C=O) groups excluding carboxylic acids is 1. The van der Waals surface area contributed by atoms with E-state index in [0.717, 1.165) is 16.8 Å². The van der Waals surface area contributed by atoms with Crippen LogP contribution < -0.4 is 14.8 Å². The summed E-state index contributed by atoms with van der Waals surface area (Å²) in [4.78, 5) is 16.7. The minimum absolute atomic E-state index is 0.144. The van der Waals surface area contributed by atoms with Crippen molar-refractivity contribution in [3.05, 3.63) is 58.4 Å². The number of hydrogen-bond donors (Lipinski definition) is 1. The van der Waals surface area contributed by atoms with Gasteiger partial charge in [-0.15, -0.1) is 11.3 Å². The second-order valence-corrected chi connectivity index (χ2v) is 6.75. The Morgan fingerprint density at radius 3 is 2.54 bits per heavy atom. The highest BCUT2D eigenvalue weighted by Crippen LogP contribution is 2.28. The van der Waals surface area contributed by atoms with Crippen molar-refractivity contribution in [3.63, 3.8) is 0 Å².